The molecule has 2 rings (SSSR count). The normalized spacial score (nSPS) is 9.93. The van der Waals surface area contributed by atoms with Crippen molar-refractivity contribution in [2.45, 2.75) is 6.92 Å². The van der Waals surface area contributed by atoms with Gasteiger partial charge in [-0.2, -0.15) is 5.26 Å². The Labute approximate surface area is 88.6 Å². The van der Waals surface area contributed by atoms with Crippen LogP contribution < -0.4 is 0 Å². The molecule has 0 bridgehead atoms. The zero-order valence-corrected chi connectivity index (χ0v) is 8.73. The van der Waals surface area contributed by atoms with Gasteiger partial charge in [-0.05, 0) is 19.1 Å². The van der Waals surface area contributed by atoms with Crippen molar-refractivity contribution in [2.75, 3.05) is 0 Å². The summed E-state index contributed by atoms with van der Waals surface area (Å²) in [7, 11) is 1.97. The third-order valence-corrected chi connectivity index (χ3v) is 2.51. The molecular formula is C12H11N3. The molecule has 3 heteroatoms. The third-order valence-electron chi connectivity index (χ3n) is 2.51. The van der Waals surface area contributed by atoms with Crippen molar-refractivity contribution < 1.29 is 0 Å². The molecule has 1 aromatic heterocycles. The van der Waals surface area contributed by atoms with Crippen LogP contribution in [0.2, 0.25) is 0 Å². The Morgan fingerprint density at radius 1 is 1.40 bits per heavy atom. The van der Waals surface area contributed by atoms with Gasteiger partial charge in [0.2, 0.25) is 0 Å². The maximum Gasteiger partial charge on any atom is 0.105 e. The van der Waals surface area contributed by atoms with Gasteiger partial charge in [0.15, 0.2) is 0 Å². The van der Waals surface area contributed by atoms with Crippen LogP contribution in [0.25, 0.3) is 11.3 Å². The fraction of sp³-hybridized carbons (Fsp3) is 0.167. The van der Waals surface area contributed by atoms with Gasteiger partial charge in [-0.15, -0.1) is 0 Å². The number of nitriles is 1. The van der Waals surface area contributed by atoms with Gasteiger partial charge in [0.25, 0.3) is 0 Å². The Morgan fingerprint density at radius 3 is 2.80 bits per heavy atom. The van der Waals surface area contributed by atoms with Gasteiger partial charge < -0.3 is 4.57 Å². The summed E-state index contributed by atoms with van der Waals surface area (Å²) in [6.45, 7) is 1.96. The van der Waals surface area contributed by atoms with Crippen LogP contribution in [0, 0.1) is 18.3 Å². The van der Waals surface area contributed by atoms with E-state index in [0.29, 0.717) is 5.56 Å². The van der Waals surface area contributed by atoms with Crippen molar-refractivity contribution in [1.29, 1.82) is 5.26 Å². The molecule has 2 aromatic rings. The molecule has 3 nitrogen and oxygen atoms in total. The smallest absolute Gasteiger partial charge is 0.105 e. The van der Waals surface area contributed by atoms with Gasteiger partial charge in [0.05, 0.1) is 23.5 Å². The molecule has 0 amide bonds. The van der Waals surface area contributed by atoms with Crippen LogP contribution in [0.4, 0.5) is 0 Å². The highest BCUT2D eigenvalue weighted by Crippen LogP contribution is 2.20. The highest BCUT2D eigenvalue weighted by molar-refractivity contribution is 5.61. The topological polar surface area (TPSA) is 41.6 Å². The van der Waals surface area contributed by atoms with Crippen LogP contribution in [0.5, 0.6) is 0 Å². The minimum absolute atomic E-state index is 0.673. The number of hydrogen-bond donors (Lipinski definition) is 0. The van der Waals surface area contributed by atoms with Gasteiger partial charge in [-0.3, -0.25) is 0 Å². The van der Waals surface area contributed by atoms with Crippen molar-refractivity contribution in [3.8, 4) is 17.3 Å². The molecule has 15 heavy (non-hydrogen) atoms. The standard InChI is InChI=1S/C12H11N3/c1-9-14-8-12(15(9)2)11-5-3-4-10(6-11)7-13/h3-6,8H,1-2H3. The van der Waals surface area contributed by atoms with Crippen molar-refractivity contribution in [2.24, 2.45) is 7.05 Å². The van der Waals surface area contributed by atoms with E-state index in [1.165, 1.54) is 0 Å². The van der Waals surface area contributed by atoms with Crippen LogP contribution in [0.3, 0.4) is 0 Å². The predicted octanol–water partition coefficient (Wildman–Crippen LogP) is 2.27. The summed E-state index contributed by atoms with van der Waals surface area (Å²) in [5, 5.41) is 8.81. The zero-order chi connectivity index (χ0) is 10.8. The Kier molecular flexibility index (Phi) is 2.26. The molecule has 0 radical (unpaired) electrons. The third kappa shape index (κ3) is 1.62. The highest BCUT2D eigenvalue weighted by atomic mass is 15.0. The lowest BCUT2D eigenvalue weighted by molar-refractivity contribution is 0.865. The molecule has 74 valence electrons. The molecule has 0 aliphatic carbocycles. The average molecular weight is 197 g/mol. The van der Waals surface area contributed by atoms with E-state index in [-0.39, 0.29) is 0 Å². The fourth-order valence-corrected chi connectivity index (χ4v) is 1.52. The van der Waals surface area contributed by atoms with Crippen molar-refractivity contribution in [3.63, 3.8) is 0 Å². The van der Waals surface area contributed by atoms with E-state index in [2.05, 4.69) is 11.1 Å². The fourth-order valence-electron chi connectivity index (χ4n) is 1.52. The zero-order valence-electron chi connectivity index (χ0n) is 8.73. The van der Waals surface area contributed by atoms with E-state index in [1.807, 2.05) is 42.9 Å². The van der Waals surface area contributed by atoms with Crippen LogP contribution in [-0.4, -0.2) is 9.55 Å². The minimum Gasteiger partial charge on any atom is -0.331 e. The van der Waals surface area contributed by atoms with E-state index in [0.717, 1.165) is 17.1 Å². The molecule has 0 aliphatic heterocycles. The van der Waals surface area contributed by atoms with Gasteiger partial charge in [0, 0.05) is 12.6 Å². The summed E-state index contributed by atoms with van der Waals surface area (Å²) >= 11 is 0. The summed E-state index contributed by atoms with van der Waals surface area (Å²) in [6, 6.07) is 9.67. The lowest BCUT2D eigenvalue weighted by atomic mass is 10.1. The van der Waals surface area contributed by atoms with E-state index >= 15 is 0 Å². The first-order chi connectivity index (χ1) is 7.22. The quantitative estimate of drug-likeness (QED) is 0.703. The molecule has 0 unspecified atom stereocenters. The summed E-state index contributed by atoms with van der Waals surface area (Å²) in [5.41, 5.74) is 2.73. The second-order valence-electron chi connectivity index (χ2n) is 3.44. The second kappa shape index (κ2) is 3.58. The Hall–Kier alpha value is -2.08. The molecule has 1 heterocycles. The highest BCUT2D eigenvalue weighted by Gasteiger charge is 2.05. The monoisotopic (exact) mass is 197 g/mol. The van der Waals surface area contributed by atoms with Crippen LogP contribution in [-0.2, 0) is 7.05 Å². The number of aryl methyl sites for hydroxylation is 1. The van der Waals surface area contributed by atoms with E-state index < -0.39 is 0 Å². The van der Waals surface area contributed by atoms with Crippen molar-refractivity contribution >= 4 is 0 Å². The van der Waals surface area contributed by atoms with Crippen molar-refractivity contribution in [1.82, 2.24) is 9.55 Å². The van der Waals surface area contributed by atoms with Crippen LogP contribution in [0.15, 0.2) is 30.5 Å². The number of imidazole rings is 1. The lowest BCUT2D eigenvalue weighted by Crippen LogP contribution is -1.94. The molecule has 1 aromatic carbocycles. The number of rotatable bonds is 1. The first kappa shape index (κ1) is 9.47. The first-order valence-corrected chi connectivity index (χ1v) is 4.71. The molecule has 0 N–H and O–H groups in total. The number of aromatic nitrogens is 2. The molecular weight excluding hydrogens is 186 g/mol. The molecule has 0 aliphatic rings. The average Bonchev–Trinajstić information content (AvgIpc) is 2.60. The Morgan fingerprint density at radius 2 is 2.20 bits per heavy atom. The molecule has 0 saturated carbocycles. The molecule has 0 atom stereocenters. The SMILES string of the molecule is Cc1ncc(-c2cccc(C#N)c2)n1C. The predicted molar refractivity (Wildman–Crippen MR) is 58.1 cm³/mol. The van der Waals surface area contributed by atoms with Crippen molar-refractivity contribution in [3.05, 3.63) is 41.9 Å². The minimum atomic E-state index is 0.673. The number of nitrogens with zero attached hydrogens (tertiary/aromatic N) is 3. The van der Waals surface area contributed by atoms with Gasteiger partial charge in [0.1, 0.15) is 5.82 Å². The summed E-state index contributed by atoms with van der Waals surface area (Å²) in [6.07, 6.45) is 1.83. The second-order valence-corrected chi connectivity index (χ2v) is 3.44. The van der Waals surface area contributed by atoms with E-state index in [9.17, 15) is 0 Å². The largest absolute Gasteiger partial charge is 0.331 e. The number of hydrogen-bond acceptors (Lipinski definition) is 2. The van der Waals surface area contributed by atoms with E-state index in [1.54, 1.807) is 6.07 Å². The van der Waals surface area contributed by atoms with Crippen LogP contribution >= 0.6 is 0 Å². The maximum absolute atomic E-state index is 8.81. The maximum atomic E-state index is 8.81. The summed E-state index contributed by atoms with van der Waals surface area (Å²) in [5.74, 6) is 0.965. The Balaban J connectivity index is 2.55. The van der Waals surface area contributed by atoms with Gasteiger partial charge in [-0.25, -0.2) is 4.98 Å². The van der Waals surface area contributed by atoms with Gasteiger partial charge in [-0.1, -0.05) is 12.1 Å². The molecule has 0 fully saturated rings. The molecule has 0 saturated heterocycles. The van der Waals surface area contributed by atoms with E-state index in [4.69, 9.17) is 5.26 Å². The summed E-state index contributed by atoms with van der Waals surface area (Å²) < 4.78 is 2.01. The number of benzene rings is 1. The summed E-state index contributed by atoms with van der Waals surface area (Å²) in [4.78, 5) is 4.23. The first-order valence-electron chi connectivity index (χ1n) is 4.71. The van der Waals surface area contributed by atoms with Gasteiger partial charge >= 0.3 is 0 Å². The molecule has 0 spiro atoms. The Bertz CT molecular complexity index is 532. The van der Waals surface area contributed by atoms with Crippen LogP contribution in [0.1, 0.15) is 11.4 Å². The lowest BCUT2D eigenvalue weighted by Gasteiger charge is -2.03.